The van der Waals surface area contributed by atoms with E-state index in [1.54, 1.807) is 12.1 Å². The van der Waals surface area contributed by atoms with Crippen molar-refractivity contribution >= 4 is 54.1 Å². The number of hydrogen-bond donors (Lipinski definition) is 2. The highest BCUT2D eigenvalue weighted by Gasteiger charge is 2.22. The highest BCUT2D eigenvalue weighted by atomic mass is 32.2. The Morgan fingerprint density at radius 2 is 2.00 bits per heavy atom. The molecule has 0 spiro atoms. The second-order valence-electron chi connectivity index (χ2n) is 9.57. The lowest BCUT2D eigenvalue weighted by Gasteiger charge is -2.17. The van der Waals surface area contributed by atoms with Crippen molar-refractivity contribution in [3.05, 3.63) is 42.0 Å². The first-order valence-corrected chi connectivity index (χ1v) is 15.9. The summed E-state index contributed by atoms with van der Waals surface area (Å²) in [5.74, 6) is 0.246. The molecule has 1 aromatic carbocycles. The third-order valence-corrected chi connectivity index (χ3v) is 9.11. The molecule has 1 aliphatic rings. The topological polar surface area (TPSA) is 144 Å². The van der Waals surface area contributed by atoms with Gasteiger partial charge in [-0.1, -0.05) is 28.6 Å². The number of benzene rings is 1. The Morgan fingerprint density at radius 3 is 2.71 bits per heavy atom. The zero-order chi connectivity index (χ0) is 29.2. The van der Waals surface area contributed by atoms with Crippen LogP contribution in [0.3, 0.4) is 0 Å². The van der Waals surface area contributed by atoms with Crippen LogP contribution in [0, 0.1) is 0 Å². The predicted octanol–water partition coefficient (Wildman–Crippen LogP) is 2.70. The molecule has 0 radical (unpaired) electrons. The van der Waals surface area contributed by atoms with Gasteiger partial charge >= 0.3 is 0 Å². The average Bonchev–Trinajstić information content (AvgIpc) is 3.62. The first kappa shape index (κ1) is 30.8. The number of pyridine rings is 1. The van der Waals surface area contributed by atoms with Gasteiger partial charge < -0.3 is 24.5 Å². The molecule has 4 rings (SSSR count). The predicted molar refractivity (Wildman–Crippen MR) is 160 cm³/mol. The van der Waals surface area contributed by atoms with Crippen LogP contribution in [-0.4, -0.2) is 96.0 Å². The molecule has 0 saturated carbocycles. The van der Waals surface area contributed by atoms with Crippen molar-refractivity contribution in [1.29, 1.82) is 0 Å². The molecule has 0 bridgehead atoms. The number of rotatable bonds is 15. The van der Waals surface area contributed by atoms with Gasteiger partial charge in [-0.2, -0.15) is 0 Å². The first-order valence-electron chi connectivity index (χ1n) is 13.4. The van der Waals surface area contributed by atoms with Crippen molar-refractivity contribution in [1.82, 2.24) is 15.3 Å². The third-order valence-electron chi connectivity index (χ3n) is 6.42. The summed E-state index contributed by atoms with van der Waals surface area (Å²) >= 11 is 1.26. The van der Waals surface area contributed by atoms with Crippen molar-refractivity contribution in [2.75, 3.05) is 70.1 Å². The number of fused-ring (bicyclic) bond motifs is 1. The van der Waals surface area contributed by atoms with Gasteiger partial charge in [0, 0.05) is 39.3 Å². The van der Waals surface area contributed by atoms with Gasteiger partial charge in [0.2, 0.25) is 0 Å². The molecule has 2 N–H and O–H groups in total. The van der Waals surface area contributed by atoms with E-state index < -0.39 is 15.7 Å². The number of thiazole rings is 1. The Labute approximate surface area is 244 Å². The van der Waals surface area contributed by atoms with Crippen molar-refractivity contribution in [3.8, 4) is 0 Å². The second kappa shape index (κ2) is 14.6. The maximum atomic E-state index is 13.4. The summed E-state index contributed by atoms with van der Waals surface area (Å²) in [6.07, 6.45) is 1.76. The molecule has 1 fully saturated rings. The van der Waals surface area contributed by atoms with Crippen molar-refractivity contribution in [3.63, 3.8) is 0 Å². The van der Waals surface area contributed by atoms with E-state index in [9.17, 15) is 13.2 Å². The lowest BCUT2D eigenvalue weighted by atomic mass is 10.1. The molecule has 3 aromatic rings. The second-order valence-corrected chi connectivity index (χ2v) is 12.7. The zero-order valence-electron chi connectivity index (χ0n) is 23.5. The Bertz CT molecular complexity index is 1440. The summed E-state index contributed by atoms with van der Waals surface area (Å²) < 4.78 is 35.6. The van der Waals surface area contributed by atoms with Crippen LogP contribution in [-0.2, 0) is 28.9 Å². The number of oxime groups is 1. The van der Waals surface area contributed by atoms with E-state index in [4.69, 9.17) is 19.3 Å². The third kappa shape index (κ3) is 8.42. The van der Waals surface area contributed by atoms with Gasteiger partial charge in [0.05, 0.1) is 23.9 Å². The quantitative estimate of drug-likeness (QED) is 0.151. The van der Waals surface area contributed by atoms with Crippen LogP contribution in [0.5, 0.6) is 0 Å². The average molecular weight is 605 g/mol. The minimum atomic E-state index is -3.49. The van der Waals surface area contributed by atoms with Crippen molar-refractivity contribution in [2.45, 2.75) is 30.3 Å². The van der Waals surface area contributed by atoms with Crippen molar-refractivity contribution in [2.24, 2.45) is 5.16 Å². The maximum Gasteiger partial charge on any atom is 0.280 e. The van der Waals surface area contributed by atoms with Gasteiger partial charge in [-0.25, -0.2) is 18.4 Å². The van der Waals surface area contributed by atoms with E-state index in [0.29, 0.717) is 53.7 Å². The molecule has 1 aliphatic heterocycles. The molecule has 0 unspecified atom stereocenters. The first-order chi connectivity index (χ1) is 19.8. The number of anilines is 2. The maximum absolute atomic E-state index is 13.4. The zero-order valence-corrected chi connectivity index (χ0v) is 25.1. The number of hydrogen-bond acceptors (Lipinski definition) is 12. The molecule has 1 saturated heterocycles. The van der Waals surface area contributed by atoms with Gasteiger partial charge in [-0.05, 0) is 50.7 Å². The molecule has 12 nitrogen and oxygen atoms in total. The fourth-order valence-electron chi connectivity index (χ4n) is 4.12. The van der Waals surface area contributed by atoms with Gasteiger partial charge in [-0.15, -0.1) is 0 Å². The van der Waals surface area contributed by atoms with E-state index >= 15 is 0 Å². The Morgan fingerprint density at radius 1 is 1.20 bits per heavy atom. The van der Waals surface area contributed by atoms with Crippen LogP contribution in [0.4, 0.5) is 10.9 Å². The molecule has 0 aliphatic carbocycles. The number of carbonyl (C=O) groups is 1. The lowest BCUT2D eigenvalue weighted by Crippen LogP contribution is -2.25. The van der Waals surface area contributed by atoms with E-state index in [1.165, 1.54) is 30.6 Å². The number of sulfone groups is 1. The highest BCUT2D eigenvalue weighted by Crippen LogP contribution is 2.27. The van der Waals surface area contributed by atoms with E-state index in [0.717, 1.165) is 25.3 Å². The molecule has 222 valence electrons. The molecule has 1 amide bonds. The number of ether oxygens (including phenoxy) is 2. The van der Waals surface area contributed by atoms with Gasteiger partial charge in [0.1, 0.15) is 16.2 Å². The largest absolute Gasteiger partial charge is 0.389 e. The van der Waals surface area contributed by atoms with Crippen LogP contribution in [0.2, 0.25) is 0 Å². The summed E-state index contributed by atoms with van der Waals surface area (Å²) in [6, 6.07) is 9.81. The fourth-order valence-corrected chi connectivity index (χ4v) is 6.23. The number of aromatic nitrogens is 2. The number of nitrogens with one attached hydrogen (secondary N) is 2. The number of amides is 1. The highest BCUT2D eigenvalue weighted by molar-refractivity contribution is 7.91. The monoisotopic (exact) mass is 604 g/mol. The standard InChI is InChI=1S/C27H36N6O6S2/c1-28-13-4-14-33(2)23-11-10-22-26(30-23)40-27(29-22)31-25(34)24(32-39-20-12-16-38-18-20)19-6-8-21(9-7-19)41(35,36)17-5-15-37-3/h6-11,20,28H,4-5,12-18H2,1-3H3,(H,29,31,34)/t20-/m1/s1. The van der Waals surface area contributed by atoms with E-state index in [2.05, 4.69) is 25.7 Å². The summed E-state index contributed by atoms with van der Waals surface area (Å²) in [5.41, 5.74) is 1.07. The Balaban J connectivity index is 1.52. The van der Waals surface area contributed by atoms with Crippen LogP contribution in [0.15, 0.2) is 46.4 Å². The Kier molecular flexibility index (Phi) is 11.0. The minimum absolute atomic E-state index is 0.00241. The van der Waals surface area contributed by atoms with Crippen LogP contribution >= 0.6 is 11.3 Å². The minimum Gasteiger partial charge on any atom is -0.389 e. The molecule has 14 heteroatoms. The fraction of sp³-hybridized carbons (Fsp3) is 0.481. The van der Waals surface area contributed by atoms with Crippen LogP contribution in [0.25, 0.3) is 10.3 Å². The lowest BCUT2D eigenvalue weighted by molar-refractivity contribution is -0.110. The van der Waals surface area contributed by atoms with Gasteiger partial charge in [-0.3, -0.25) is 10.1 Å². The smallest absolute Gasteiger partial charge is 0.280 e. The molecule has 2 aromatic heterocycles. The molecule has 3 heterocycles. The van der Waals surface area contributed by atoms with Crippen LogP contribution < -0.4 is 15.5 Å². The van der Waals surface area contributed by atoms with Crippen molar-refractivity contribution < 1.29 is 27.5 Å². The van der Waals surface area contributed by atoms with E-state index in [-0.39, 0.29) is 22.5 Å². The SMILES string of the molecule is CNCCCN(C)c1ccc2nc(NC(=O)C(=NO[C@@H]3CCOC3)c3ccc(S(=O)(=O)CCCOC)cc3)sc2n1. The van der Waals surface area contributed by atoms with E-state index in [1.807, 2.05) is 26.2 Å². The molecule has 1 atom stereocenters. The number of nitrogens with zero attached hydrogens (tertiary/aromatic N) is 4. The summed E-state index contributed by atoms with van der Waals surface area (Å²) in [5, 5.41) is 10.5. The molecule has 41 heavy (non-hydrogen) atoms. The van der Waals surface area contributed by atoms with Crippen LogP contribution in [0.1, 0.15) is 24.8 Å². The van der Waals surface area contributed by atoms with Gasteiger partial charge in [0.15, 0.2) is 26.8 Å². The summed E-state index contributed by atoms with van der Waals surface area (Å²) in [4.78, 5) is 31.2. The number of carbonyl (C=O) groups excluding carboxylic acids is 1. The number of methoxy groups -OCH3 is 1. The molecular formula is C27H36N6O6S2. The summed E-state index contributed by atoms with van der Waals surface area (Å²) in [6.45, 7) is 3.06. The normalized spacial score (nSPS) is 15.8. The molecular weight excluding hydrogens is 568 g/mol. The summed E-state index contributed by atoms with van der Waals surface area (Å²) in [7, 11) is 1.95. The van der Waals surface area contributed by atoms with Gasteiger partial charge in [0.25, 0.3) is 5.91 Å². The Hall–Kier alpha value is -3.17.